The minimum Gasteiger partial charge on any atom is -0.463 e. The molecule has 4 nitrogen and oxygen atoms in total. The van der Waals surface area contributed by atoms with Gasteiger partial charge in [0.15, 0.2) is 0 Å². The second kappa shape index (κ2) is 8.78. The molecule has 0 fully saturated rings. The highest BCUT2D eigenvalue weighted by Gasteiger charge is 2.81. The van der Waals surface area contributed by atoms with E-state index in [1.165, 1.54) is 0 Å². The molecule has 13 heteroatoms. The molecule has 0 aromatic heterocycles. The Morgan fingerprint density at radius 3 is 1.75 bits per heavy atom. The van der Waals surface area contributed by atoms with Crippen molar-refractivity contribution in [3.05, 3.63) is 12.2 Å². The number of hydrogen-bond donors (Lipinski definition) is 0. The highest BCUT2D eigenvalue weighted by molar-refractivity contribution is 6.76. The Morgan fingerprint density at radius 1 is 0.857 bits per heavy atom. The van der Waals surface area contributed by atoms with Crippen LogP contribution in [0.25, 0.3) is 0 Å². The summed E-state index contributed by atoms with van der Waals surface area (Å²) in [6.07, 6.45) is -5.62. The van der Waals surface area contributed by atoms with E-state index in [2.05, 4.69) is 29.1 Å². The van der Waals surface area contributed by atoms with E-state index in [-0.39, 0.29) is 18.8 Å². The summed E-state index contributed by atoms with van der Waals surface area (Å²) in [7, 11) is -1.39. The van der Waals surface area contributed by atoms with Gasteiger partial charge in [0.2, 0.25) is 0 Å². The molecule has 0 aliphatic heterocycles. The SMILES string of the molecule is CC(F)(F)C(F)(F)C(F)(F)C(F)(F)OC(=O)/C=C/C(=O)OCCC[Si](C)(C)C. The summed E-state index contributed by atoms with van der Waals surface area (Å²) in [5, 5.41) is 0. The van der Waals surface area contributed by atoms with Gasteiger partial charge in [0.05, 0.1) is 6.61 Å². The van der Waals surface area contributed by atoms with Gasteiger partial charge in [-0.05, 0) is 6.42 Å². The highest BCUT2D eigenvalue weighted by atomic mass is 28.3. The summed E-state index contributed by atoms with van der Waals surface area (Å²) in [6, 6.07) is 0.795. The van der Waals surface area contributed by atoms with Gasteiger partial charge in [-0.3, -0.25) is 0 Å². The first-order valence-corrected chi connectivity index (χ1v) is 11.5. The quantitative estimate of drug-likeness (QED) is 0.159. The van der Waals surface area contributed by atoms with Crippen LogP contribution in [-0.4, -0.2) is 50.5 Å². The topological polar surface area (TPSA) is 52.6 Å². The molecule has 164 valence electrons. The fraction of sp³-hybridized carbons (Fsp3) is 0.733. The lowest BCUT2D eigenvalue weighted by Gasteiger charge is -2.34. The van der Waals surface area contributed by atoms with Gasteiger partial charge in [0, 0.05) is 27.1 Å². The van der Waals surface area contributed by atoms with Crippen LogP contribution in [0.15, 0.2) is 12.2 Å². The third kappa shape index (κ3) is 7.06. The molecule has 0 atom stereocenters. The van der Waals surface area contributed by atoms with Gasteiger partial charge in [-0.2, -0.15) is 35.1 Å². The van der Waals surface area contributed by atoms with Crippen LogP contribution in [-0.2, 0) is 19.1 Å². The van der Waals surface area contributed by atoms with Gasteiger partial charge in [0.1, 0.15) is 0 Å². The van der Waals surface area contributed by atoms with Crippen molar-refractivity contribution in [1.82, 2.24) is 0 Å². The summed E-state index contributed by atoms with van der Waals surface area (Å²) in [6.45, 7) is 5.40. The van der Waals surface area contributed by atoms with E-state index in [1.807, 2.05) is 0 Å². The molecule has 0 amide bonds. The van der Waals surface area contributed by atoms with E-state index < -0.39 is 50.8 Å². The van der Waals surface area contributed by atoms with E-state index >= 15 is 0 Å². The van der Waals surface area contributed by atoms with Crippen LogP contribution < -0.4 is 0 Å². The standard InChI is InChI=1S/C15H20F8O4Si/c1-12(16,17)13(18,19)14(20,21)15(22,23)27-11(25)7-6-10(24)26-8-5-9-28(2,3)4/h6-7H,5,8-9H2,1-4H3/b7-6+. The zero-order valence-electron chi connectivity index (χ0n) is 15.4. The van der Waals surface area contributed by atoms with Gasteiger partial charge in [-0.25, -0.2) is 9.59 Å². The predicted molar refractivity (Wildman–Crippen MR) is 84.4 cm³/mol. The second-order valence-corrected chi connectivity index (χ2v) is 12.8. The van der Waals surface area contributed by atoms with Crippen LogP contribution in [0.1, 0.15) is 13.3 Å². The maximum atomic E-state index is 13.2. The minimum absolute atomic E-state index is 0.0610. The average Bonchev–Trinajstić information content (AvgIpc) is 2.46. The summed E-state index contributed by atoms with van der Waals surface area (Å²) >= 11 is 0. The Balaban J connectivity index is 4.88. The van der Waals surface area contributed by atoms with Crippen LogP contribution in [0, 0.1) is 0 Å². The molecule has 0 aromatic rings. The smallest absolute Gasteiger partial charge is 0.463 e. The molecule has 28 heavy (non-hydrogen) atoms. The van der Waals surface area contributed by atoms with Crippen LogP contribution in [0.3, 0.4) is 0 Å². The van der Waals surface area contributed by atoms with E-state index in [4.69, 9.17) is 0 Å². The van der Waals surface area contributed by atoms with Gasteiger partial charge < -0.3 is 9.47 Å². The molecule has 0 saturated carbocycles. The maximum absolute atomic E-state index is 13.2. The third-order valence-corrected chi connectivity index (χ3v) is 5.06. The van der Waals surface area contributed by atoms with Gasteiger partial charge >= 0.3 is 35.8 Å². The Kier molecular flexibility index (Phi) is 8.26. The van der Waals surface area contributed by atoms with Crippen molar-refractivity contribution in [2.75, 3.05) is 6.61 Å². The largest absolute Gasteiger partial charge is 0.473 e. The Labute approximate surface area is 156 Å². The number of halogens is 8. The van der Waals surface area contributed by atoms with Crippen molar-refractivity contribution < 1.29 is 54.2 Å². The van der Waals surface area contributed by atoms with E-state index in [0.717, 1.165) is 6.04 Å². The number of carbonyl (C=O) groups is 2. The number of ether oxygens (including phenoxy) is 2. The first-order chi connectivity index (χ1) is 12.2. The molecule has 0 saturated heterocycles. The maximum Gasteiger partial charge on any atom is 0.473 e. The molecule has 0 aliphatic carbocycles. The third-order valence-electron chi connectivity index (χ3n) is 3.21. The fourth-order valence-electron chi connectivity index (χ4n) is 1.64. The van der Waals surface area contributed by atoms with Crippen molar-refractivity contribution in [3.63, 3.8) is 0 Å². The van der Waals surface area contributed by atoms with Gasteiger partial charge in [0.25, 0.3) is 0 Å². The second-order valence-electron chi connectivity index (χ2n) is 7.14. The van der Waals surface area contributed by atoms with Crippen LogP contribution in [0.2, 0.25) is 25.7 Å². The normalized spacial score (nSPS) is 14.3. The lowest BCUT2D eigenvalue weighted by molar-refractivity contribution is -0.413. The molecule has 0 rings (SSSR count). The summed E-state index contributed by atoms with van der Waals surface area (Å²) in [5.74, 6) is -22.3. The zero-order valence-corrected chi connectivity index (χ0v) is 16.4. The Bertz CT molecular complexity index is 594. The van der Waals surface area contributed by atoms with Gasteiger partial charge in [-0.1, -0.05) is 25.7 Å². The van der Waals surface area contributed by atoms with Crippen LogP contribution in [0.4, 0.5) is 35.1 Å². The molecular formula is C15H20F8O4Si. The number of carbonyl (C=O) groups excluding carboxylic acids is 2. The summed E-state index contributed by atoms with van der Waals surface area (Å²) in [5.41, 5.74) is 0. The van der Waals surface area contributed by atoms with Gasteiger partial charge in [-0.15, -0.1) is 0 Å². The average molecular weight is 444 g/mol. The molecule has 0 bridgehead atoms. The Morgan fingerprint density at radius 2 is 1.32 bits per heavy atom. The van der Waals surface area contributed by atoms with Crippen molar-refractivity contribution in [2.45, 2.75) is 62.9 Å². The van der Waals surface area contributed by atoms with Crippen LogP contribution >= 0.6 is 0 Å². The first-order valence-electron chi connectivity index (χ1n) is 7.84. The molecule has 0 aliphatic rings. The fourth-order valence-corrected chi connectivity index (χ4v) is 2.85. The van der Waals surface area contributed by atoms with Crippen molar-refractivity contribution in [2.24, 2.45) is 0 Å². The number of esters is 2. The summed E-state index contributed by atoms with van der Waals surface area (Å²) < 4.78 is 111. The summed E-state index contributed by atoms with van der Waals surface area (Å²) in [4.78, 5) is 22.4. The minimum atomic E-state index is -6.72. The molecule has 0 aromatic carbocycles. The van der Waals surface area contributed by atoms with Crippen molar-refractivity contribution in [1.29, 1.82) is 0 Å². The molecule has 0 N–H and O–H groups in total. The molecular weight excluding hydrogens is 424 g/mol. The number of alkyl halides is 8. The van der Waals surface area contributed by atoms with Crippen LogP contribution in [0.5, 0.6) is 0 Å². The van der Waals surface area contributed by atoms with Crippen molar-refractivity contribution >= 4 is 20.0 Å². The number of rotatable bonds is 10. The van der Waals surface area contributed by atoms with Crippen molar-refractivity contribution in [3.8, 4) is 0 Å². The monoisotopic (exact) mass is 444 g/mol. The van der Waals surface area contributed by atoms with E-state index in [0.29, 0.717) is 6.42 Å². The molecule has 0 unspecified atom stereocenters. The highest BCUT2D eigenvalue weighted by Crippen LogP contribution is 2.52. The molecule has 0 heterocycles. The first kappa shape index (κ1) is 26.3. The molecule has 0 spiro atoms. The molecule has 0 radical (unpaired) electrons. The lowest BCUT2D eigenvalue weighted by atomic mass is 10.1. The number of hydrogen-bond acceptors (Lipinski definition) is 4. The van der Waals surface area contributed by atoms with E-state index in [9.17, 15) is 44.7 Å². The lowest BCUT2D eigenvalue weighted by Crippen LogP contribution is -2.62. The zero-order chi connectivity index (χ0) is 22.6. The predicted octanol–water partition coefficient (Wildman–Crippen LogP) is 4.88. The Hall–Kier alpha value is -1.66. The van der Waals surface area contributed by atoms with E-state index in [1.54, 1.807) is 0 Å².